The molecule has 2 N–H and O–H groups in total. The molecule has 1 aliphatic rings. The van der Waals surface area contributed by atoms with E-state index in [-0.39, 0.29) is 24.7 Å². The van der Waals surface area contributed by atoms with Crippen molar-refractivity contribution in [1.82, 2.24) is 9.62 Å². The van der Waals surface area contributed by atoms with Crippen LogP contribution in [0.5, 0.6) is 5.75 Å². The molecule has 7 nitrogen and oxygen atoms in total. The van der Waals surface area contributed by atoms with Gasteiger partial charge in [-0.2, -0.15) is 0 Å². The smallest absolute Gasteiger partial charge is 0.251 e. The number of nitrogens with one attached hydrogen (secondary N) is 1. The molecule has 1 aromatic carbocycles. The van der Waals surface area contributed by atoms with Crippen LogP contribution >= 0.6 is 11.6 Å². The molecule has 1 fully saturated rings. The van der Waals surface area contributed by atoms with Crippen molar-refractivity contribution in [3.05, 3.63) is 28.8 Å². The standard InChI is InChI=1S/C16H23ClN2O5S/c1-11(10-20)18-16(21)12-3-4-15(14(17)9-12)24-13-5-7-19(8-6-13)25(2,22)23/h3-4,9,11,13,20H,5-8,10H2,1-2H3,(H,18,21)/t11-/m0/s1. The lowest BCUT2D eigenvalue weighted by atomic mass is 10.1. The van der Waals surface area contributed by atoms with E-state index in [0.29, 0.717) is 42.3 Å². The van der Waals surface area contributed by atoms with Crippen LogP contribution in [0.4, 0.5) is 0 Å². The fourth-order valence-corrected chi connectivity index (χ4v) is 3.65. The van der Waals surface area contributed by atoms with Gasteiger partial charge in [0.15, 0.2) is 0 Å². The zero-order valence-electron chi connectivity index (χ0n) is 14.2. The third kappa shape index (κ3) is 5.57. The second-order valence-corrected chi connectivity index (χ2v) is 8.57. The van der Waals surface area contributed by atoms with Crippen LogP contribution in [-0.4, -0.2) is 61.8 Å². The maximum absolute atomic E-state index is 12.0. The van der Waals surface area contributed by atoms with Crippen LogP contribution < -0.4 is 10.1 Å². The summed E-state index contributed by atoms with van der Waals surface area (Å²) in [6, 6.07) is 4.40. The molecule has 2 rings (SSSR count). The van der Waals surface area contributed by atoms with Crippen LogP contribution in [0.3, 0.4) is 0 Å². The first-order chi connectivity index (χ1) is 11.7. The fraction of sp³-hybridized carbons (Fsp3) is 0.562. The van der Waals surface area contributed by atoms with E-state index in [4.69, 9.17) is 21.4 Å². The van der Waals surface area contributed by atoms with Gasteiger partial charge in [0.25, 0.3) is 5.91 Å². The number of benzene rings is 1. The number of halogens is 1. The normalized spacial score (nSPS) is 17.9. The zero-order chi connectivity index (χ0) is 18.6. The molecule has 0 aliphatic carbocycles. The maximum Gasteiger partial charge on any atom is 0.251 e. The molecule has 1 atom stereocenters. The first kappa shape index (κ1) is 20.0. The van der Waals surface area contributed by atoms with Crippen LogP contribution in [-0.2, 0) is 10.0 Å². The minimum absolute atomic E-state index is 0.121. The minimum atomic E-state index is -3.17. The zero-order valence-corrected chi connectivity index (χ0v) is 15.8. The van der Waals surface area contributed by atoms with Crippen molar-refractivity contribution >= 4 is 27.5 Å². The maximum atomic E-state index is 12.0. The van der Waals surface area contributed by atoms with Crippen LogP contribution in [0.25, 0.3) is 0 Å². The van der Waals surface area contributed by atoms with Crippen LogP contribution in [0, 0.1) is 0 Å². The van der Waals surface area contributed by atoms with E-state index in [0.717, 1.165) is 0 Å². The molecular formula is C16H23ClN2O5S. The van der Waals surface area contributed by atoms with Gasteiger partial charge < -0.3 is 15.2 Å². The van der Waals surface area contributed by atoms with Gasteiger partial charge in [-0.1, -0.05) is 11.6 Å². The van der Waals surface area contributed by atoms with Gasteiger partial charge in [0.05, 0.1) is 17.9 Å². The number of aliphatic hydroxyl groups excluding tert-OH is 1. The summed E-state index contributed by atoms with van der Waals surface area (Å²) in [6.45, 7) is 2.38. The van der Waals surface area contributed by atoms with Gasteiger partial charge in [-0.15, -0.1) is 0 Å². The first-order valence-electron chi connectivity index (χ1n) is 8.03. The van der Waals surface area contributed by atoms with E-state index in [2.05, 4.69) is 5.32 Å². The Kier molecular flexibility index (Phi) is 6.67. The Bertz CT molecular complexity index is 717. The van der Waals surface area contributed by atoms with Crippen LogP contribution in [0.15, 0.2) is 18.2 Å². The number of hydrogen-bond acceptors (Lipinski definition) is 5. The number of hydrogen-bond donors (Lipinski definition) is 2. The molecule has 0 aromatic heterocycles. The summed E-state index contributed by atoms with van der Waals surface area (Å²) in [5.74, 6) is 0.141. The number of rotatable bonds is 6. The summed E-state index contributed by atoms with van der Waals surface area (Å²) in [6.07, 6.45) is 2.25. The molecule has 0 bridgehead atoms. The van der Waals surface area contributed by atoms with E-state index in [9.17, 15) is 13.2 Å². The predicted molar refractivity (Wildman–Crippen MR) is 95.5 cm³/mol. The summed E-state index contributed by atoms with van der Waals surface area (Å²) < 4.78 is 30.3. The number of nitrogens with zero attached hydrogens (tertiary/aromatic N) is 1. The molecule has 0 saturated carbocycles. The van der Waals surface area contributed by atoms with Gasteiger partial charge in [0, 0.05) is 24.7 Å². The quantitative estimate of drug-likeness (QED) is 0.762. The molecule has 1 aromatic rings. The van der Waals surface area contributed by atoms with Crippen molar-refractivity contribution in [1.29, 1.82) is 0 Å². The highest BCUT2D eigenvalue weighted by atomic mass is 35.5. The number of aliphatic hydroxyl groups is 1. The molecule has 9 heteroatoms. The second kappa shape index (κ2) is 8.35. The topological polar surface area (TPSA) is 95.9 Å². The summed E-state index contributed by atoms with van der Waals surface area (Å²) in [7, 11) is -3.17. The van der Waals surface area contributed by atoms with Crippen molar-refractivity contribution < 1.29 is 23.1 Å². The Morgan fingerprint density at radius 2 is 2.08 bits per heavy atom. The molecule has 0 unspecified atom stereocenters. The summed E-state index contributed by atoms with van der Waals surface area (Å²) in [5.41, 5.74) is 0.379. The Balaban J connectivity index is 1.97. The van der Waals surface area contributed by atoms with E-state index in [1.165, 1.54) is 16.6 Å². The molecule has 140 valence electrons. The molecule has 0 radical (unpaired) electrons. The number of ether oxygens (including phenoxy) is 1. The largest absolute Gasteiger partial charge is 0.489 e. The average molecular weight is 391 g/mol. The number of amides is 1. The number of carbonyl (C=O) groups excluding carboxylic acids is 1. The minimum Gasteiger partial charge on any atom is -0.489 e. The third-order valence-corrected chi connectivity index (χ3v) is 5.61. The Labute approximate surface area is 153 Å². The van der Waals surface area contributed by atoms with Gasteiger partial charge in [0.2, 0.25) is 10.0 Å². The molecule has 1 saturated heterocycles. The van der Waals surface area contributed by atoms with Gasteiger partial charge in [-0.05, 0) is 38.0 Å². The van der Waals surface area contributed by atoms with Crippen molar-refractivity contribution in [2.45, 2.75) is 31.9 Å². The predicted octanol–water partition coefficient (Wildman–Crippen LogP) is 1.25. The summed E-state index contributed by atoms with van der Waals surface area (Å²) >= 11 is 6.20. The van der Waals surface area contributed by atoms with Crippen LogP contribution in [0.1, 0.15) is 30.1 Å². The average Bonchev–Trinajstić information content (AvgIpc) is 2.56. The molecule has 1 heterocycles. The SMILES string of the molecule is C[C@@H](CO)NC(=O)c1ccc(OC2CCN(S(C)(=O)=O)CC2)c(Cl)c1. The monoisotopic (exact) mass is 390 g/mol. The lowest BCUT2D eigenvalue weighted by Crippen LogP contribution is -2.41. The van der Waals surface area contributed by atoms with Gasteiger partial charge in [0.1, 0.15) is 11.9 Å². The van der Waals surface area contributed by atoms with E-state index in [1.807, 2.05) is 0 Å². The fourth-order valence-electron chi connectivity index (χ4n) is 2.55. The first-order valence-corrected chi connectivity index (χ1v) is 10.3. The molecule has 0 spiro atoms. The Morgan fingerprint density at radius 3 is 2.60 bits per heavy atom. The summed E-state index contributed by atoms with van der Waals surface area (Å²) in [4.78, 5) is 12.0. The van der Waals surface area contributed by atoms with Crippen molar-refractivity contribution in [2.75, 3.05) is 26.0 Å². The number of sulfonamides is 1. The third-order valence-electron chi connectivity index (χ3n) is 4.01. The Hall–Kier alpha value is -1.35. The number of carbonyl (C=O) groups is 1. The van der Waals surface area contributed by atoms with E-state index < -0.39 is 10.0 Å². The van der Waals surface area contributed by atoms with Crippen molar-refractivity contribution in [3.63, 3.8) is 0 Å². The highest BCUT2D eigenvalue weighted by Crippen LogP contribution is 2.28. The van der Waals surface area contributed by atoms with Gasteiger partial charge in [-0.25, -0.2) is 12.7 Å². The molecule has 1 aliphatic heterocycles. The van der Waals surface area contributed by atoms with Crippen molar-refractivity contribution in [3.8, 4) is 5.75 Å². The summed E-state index contributed by atoms with van der Waals surface area (Å²) in [5, 5.41) is 11.9. The number of piperidine rings is 1. The molecule has 25 heavy (non-hydrogen) atoms. The highest BCUT2D eigenvalue weighted by molar-refractivity contribution is 7.88. The second-order valence-electron chi connectivity index (χ2n) is 6.18. The van der Waals surface area contributed by atoms with Crippen LogP contribution in [0.2, 0.25) is 5.02 Å². The highest BCUT2D eigenvalue weighted by Gasteiger charge is 2.26. The van der Waals surface area contributed by atoms with E-state index in [1.54, 1.807) is 19.1 Å². The lowest BCUT2D eigenvalue weighted by Gasteiger charge is -2.30. The molecular weight excluding hydrogens is 368 g/mol. The van der Waals surface area contributed by atoms with Gasteiger partial charge in [-0.3, -0.25) is 4.79 Å². The van der Waals surface area contributed by atoms with Crippen molar-refractivity contribution in [2.24, 2.45) is 0 Å². The molecule has 1 amide bonds. The van der Waals surface area contributed by atoms with E-state index >= 15 is 0 Å². The lowest BCUT2D eigenvalue weighted by molar-refractivity contribution is 0.0922. The van der Waals surface area contributed by atoms with Gasteiger partial charge >= 0.3 is 0 Å². The Morgan fingerprint density at radius 1 is 1.44 bits per heavy atom.